The van der Waals surface area contributed by atoms with E-state index in [9.17, 15) is 4.79 Å². The zero-order valence-electron chi connectivity index (χ0n) is 15.3. The number of rotatable bonds is 6. The molecular formula is C19H21Cl2N3OS2. The number of fused-ring (bicyclic) bond motifs is 1. The number of anilines is 1. The van der Waals surface area contributed by atoms with Gasteiger partial charge in [0, 0.05) is 23.5 Å². The van der Waals surface area contributed by atoms with Gasteiger partial charge in [0.2, 0.25) is 0 Å². The molecule has 0 bridgehead atoms. The molecule has 0 N–H and O–H groups in total. The van der Waals surface area contributed by atoms with E-state index >= 15 is 0 Å². The van der Waals surface area contributed by atoms with Gasteiger partial charge in [-0.1, -0.05) is 35.1 Å². The molecule has 8 heteroatoms. The van der Waals surface area contributed by atoms with Gasteiger partial charge in [-0.15, -0.1) is 24.2 Å². The minimum Gasteiger partial charge on any atom is -0.308 e. The van der Waals surface area contributed by atoms with Crippen molar-refractivity contribution in [1.82, 2.24) is 9.88 Å². The maximum absolute atomic E-state index is 13.2. The van der Waals surface area contributed by atoms with Crippen LogP contribution in [-0.4, -0.2) is 49.2 Å². The smallest absolute Gasteiger partial charge is 0.260 e. The molecule has 2 aromatic carbocycles. The summed E-state index contributed by atoms with van der Waals surface area (Å²) in [6, 6.07) is 13.4. The van der Waals surface area contributed by atoms with Gasteiger partial charge in [-0.3, -0.25) is 9.69 Å². The van der Waals surface area contributed by atoms with Gasteiger partial charge < -0.3 is 4.90 Å². The average molecular weight is 442 g/mol. The molecule has 0 atom stereocenters. The van der Waals surface area contributed by atoms with E-state index in [-0.39, 0.29) is 18.3 Å². The number of thiazole rings is 1. The van der Waals surface area contributed by atoms with Crippen LogP contribution in [0, 0.1) is 0 Å². The van der Waals surface area contributed by atoms with Crippen LogP contribution in [0.25, 0.3) is 10.2 Å². The van der Waals surface area contributed by atoms with Crippen molar-refractivity contribution in [3.05, 3.63) is 53.1 Å². The first-order valence-electron chi connectivity index (χ1n) is 8.15. The van der Waals surface area contributed by atoms with Gasteiger partial charge >= 0.3 is 0 Å². The Morgan fingerprint density at radius 3 is 2.59 bits per heavy atom. The molecule has 27 heavy (non-hydrogen) atoms. The van der Waals surface area contributed by atoms with E-state index in [0.29, 0.717) is 22.3 Å². The molecule has 0 saturated heterocycles. The number of likely N-dealkylation sites (N-methyl/N-ethyl adjacent to an activating group) is 1. The summed E-state index contributed by atoms with van der Waals surface area (Å²) in [7, 11) is 3.98. The van der Waals surface area contributed by atoms with E-state index in [1.54, 1.807) is 16.7 Å². The second-order valence-corrected chi connectivity index (χ2v) is 8.37. The quantitative estimate of drug-likeness (QED) is 0.486. The predicted molar refractivity (Wildman–Crippen MR) is 120 cm³/mol. The largest absolute Gasteiger partial charge is 0.308 e. The Kier molecular flexibility index (Phi) is 7.94. The van der Waals surface area contributed by atoms with Crippen LogP contribution in [-0.2, 0) is 0 Å². The van der Waals surface area contributed by atoms with Crippen molar-refractivity contribution in [3.8, 4) is 0 Å². The van der Waals surface area contributed by atoms with Crippen LogP contribution in [0.2, 0.25) is 5.02 Å². The summed E-state index contributed by atoms with van der Waals surface area (Å²) in [6.07, 6.45) is 2.00. The normalized spacial score (nSPS) is 10.9. The van der Waals surface area contributed by atoms with Gasteiger partial charge in [-0.05, 0) is 50.7 Å². The molecule has 0 unspecified atom stereocenters. The molecule has 0 spiro atoms. The molecule has 0 fully saturated rings. The number of para-hydroxylation sites is 1. The van der Waals surface area contributed by atoms with E-state index in [0.717, 1.165) is 21.7 Å². The summed E-state index contributed by atoms with van der Waals surface area (Å²) in [5.41, 5.74) is 1.41. The lowest BCUT2D eigenvalue weighted by Gasteiger charge is -2.22. The highest BCUT2D eigenvalue weighted by atomic mass is 35.5. The lowest BCUT2D eigenvalue weighted by Crippen LogP contribution is -2.36. The summed E-state index contributed by atoms with van der Waals surface area (Å²) in [4.78, 5) is 22.7. The Morgan fingerprint density at radius 2 is 1.93 bits per heavy atom. The maximum atomic E-state index is 13.2. The maximum Gasteiger partial charge on any atom is 0.260 e. The number of aromatic nitrogens is 1. The Hall–Kier alpha value is -1.31. The predicted octanol–water partition coefficient (Wildman–Crippen LogP) is 5.30. The van der Waals surface area contributed by atoms with Crippen LogP contribution in [0.3, 0.4) is 0 Å². The van der Waals surface area contributed by atoms with E-state index < -0.39 is 0 Å². The third-order valence-corrected chi connectivity index (χ3v) is 6.00. The monoisotopic (exact) mass is 441 g/mol. The number of hydrogen-bond donors (Lipinski definition) is 0. The Balaban J connectivity index is 0.00000261. The van der Waals surface area contributed by atoms with Crippen LogP contribution < -0.4 is 4.90 Å². The lowest BCUT2D eigenvalue weighted by molar-refractivity contribution is 0.0985. The highest BCUT2D eigenvalue weighted by molar-refractivity contribution is 7.98. The van der Waals surface area contributed by atoms with Crippen molar-refractivity contribution < 1.29 is 4.79 Å². The molecule has 0 saturated carbocycles. The van der Waals surface area contributed by atoms with Crippen LogP contribution in [0.15, 0.2) is 47.4 Å². The number of halogens is 2. The standard InChI is InChI=1S/C19H20ClN3OS2.ClH/c1-22(2)10-11-23(18(24)13-6-4-7-14(12-13)25-3)19-21-17-15(20)8-5-9-16(17)26-19;/h4-9,12H,10-11H2,1-3H3;1H. The van der Waals surface area contributed by atoms with Gasteiger partial charge in [-0.25, -0.2) is 4.98 Å². The summed E-state index contributed by atoms with van der Waals surface area (Å²) in [5.74, 6) is -0.0436. The number of hydrogen-bond acceptors (Lipinski definition) is 5. The van der Waals surface area contributed by atoms with Crippen molar-refractivity contribution in [1.29, 1.82) is 0 Å². The fourth-order valence-electron chi connectivity index (χ4n) is 2.51. The number of nitrogens with zero attached hydrogens (tertiary/aromatic N) is 3. The van der Waals surface area contributed by atoms with Crippen LogP contribution >= 0.6 is 47.1 Å². The molecule has 144 valence electrons. The number of amides is 1. The highest BCUT2D eigenvalue weighted by Crippen LogP contribution is 2.33. The molecule has 3 rings (SSSR count). The molecule has 1 heterocycles. The first-order chi connectivity index (χ1) is 12.5. The topological polar surface area (TPSA) is 36.4 Å². The first kappa shape index (κ1) is 22.0. The zero-order chi connectivity index (χ0) is 18.7. The van der Waals surface area contributed by atoms with Gasteiger partial charge in [0.1, 0.15) is 5.52 Å². The fraction of sp³-hybridized carbons (Fsp3) is 0.263. The summed E-state index contributed by atoms with van der Waals surface area (Å²) >= 11 is 9.38. The molecule has 1 aromatic heterocycles. The first-order valence-corrected chi connectivity index (χ1v) is 10.6. The van der Waals surface area contributed by atoms with Crippen molar-refractivity contribution in [2.75, 3.05) is 38.3 Å². The van der Waals surface area contributed by atoms with Crippen LogP contribution in [0.4, 0.5) is 5.13 Å². The molecule has 0 aliphatic carbocycles. The van der Waals surface area contributed by atoms with Gasteiger partial charge in [0.25, 0.3) is 5.91 Å². The molecule has 0 aliphatic rings. The number of benzene rings is 2. The summed E-state index contributed by atoms with van der Waals surface area (Å²) in [5, 5.41) is 1.28. The molecule has 3 aromatic rings. The number of carbonyl (C=O) groups excluding carboxylic acids is 1. The molecule has 1 amide bonds. The van der Waals surface area contributed by atoms with Gasteiger partial charge in [0.15, 0.2) is 5.13 Å². The Labute approximate surface area is 178 Å². The van der Waals surface area contributed by atoms with Crippen molar-refractivity contribution in [2.45, 2.75) is 4.90 Å². The molecular weight excluding hydrogens is 421 g/mol. The summed E-state index contributed by atoms with van der Waals surface area (Å²) < 4.78 is 0.980. The third-order valence-electron chi connectivity index (χ3n) is 3.92. The molecule has 0 aliphatic heterocycles. The van der Waals surface area contributed by atoms with Crippen molar-refractivity contribution in [3.63, 3.8) is 0 Å². The minimum absolute atomic E-state index is 0. The number of thioether (sulfide) groups is 1. The lowest BCUT2D eigenvalue weighted by atomic mass is 10.2. The van der Waals surface area contributed by atoms with E-state index in [1.165, 1.54) is 11.3 Å². The van der Waals surface area contributed by atoms with Crippen molar-refractivity contribution >= 4 is 68.4 Å². The van der Waals surface area contributed by atoms with E-state index in [2.05, 4.69) is 9.88 Å². The van der Waals surface area contributed by atoms with Crippen LogP contribution in [0.1, 0.15) is 10.4 Å². The van der Waals surface area contributed by atoms with Gasteiger partial charge in [0.05, 0.1) is 9.72 Å². The van der Waals surface area contributed by atoms with Crippen LogP contribution in [0.5, 0.6) is 0 Å². The molecule has 4 nitrogen and oxygen atoms in total. The fourth-order valence-corrected chi connectivity index (χ4v) is 4.26. The summed E-state index contributed by atoms with van der Waals surface area (Å²) in [6.45, 7) is 1.31. The second-order valence-electron chi connectivity index (χ2n) is 6.08. The second kappa shape index (κ2) is 9.75. The minimum atomic E-state index is -0.0436. The van der Waals surface area contributed by atoms with E-state index in [4.69, 9.17) is 11.6 Å². The van der Waals surface area contributed by atoms with Crippen molar-refractivity contribution in [2.24, 2.45) is 0 Å². The highest BCUT2D eigenvalue weighted by Gasteiger charge is 2.22. The van der Waals surface area contributed by atoms with E-state index in [1.807, 2.05) is 62.8 Å². The Bertz CT molecular complexity index is 930. The van der Waals surface area contributed by atoms with Gasteiger partial charge in [-0.2, -0.15) is 0 Å². The number of carbonyl (C=O) groups is 1. The SMILES string of the molecule is CSc1cccc(C(=O)N(CCN(C)C)c2nc3c(Cl)cccc3s2)c1.Cl. The zero-order valence-corrected chi connectivity index (χ0v) is 18.5. The molecule has 0 radical (unpaired) electrons. The third kappa shape index (κ3) is 5.15. The Morgan fingerprint density at radius 1 is 1.19 bits per heavy atom. The average Bonchev–Trinajstić information content (AvgIpc) is 3.07.